The number of benzene rings is 1. The summed E-state index contributed by atoms with van der Waals surface area (Å²) in [6.07, 6.45) is 1.62. The van der Waals surface area contributed by atoms with Crippen LogP contribution in [0.5, 0.6) is 0 Å². The molecule has 0 saturated heterocycles. The number of ether oxygens (including phenoxy) is 2. The van der Waals surface area contributed by atoms with Crippen molar-refractivity contribution in [2.45, 2.75) is 32.5 Å². The Morgan fingerprint density at radius 2 is 2.20 bits per heavy atom. The fourth-order valence-corrected chi connectivity index (χ4v) is 2.25. The number of aliphatic hydroxyl groups excluding tert-OH is 1. The lowest BCUT2D eigenvalue weighted by Crippen LogP contribution is -2.25. The van der Waals surface area contributed by atoms with Crippen molar-refractivity contribution in [1.29, 1.82) is 0 Å². The number of hydrogen-bond donors (Lipinski definition) is 2. The fraction of sp³-hybridized carbons (Fsp3) is 0.600. The summed E-state index contributed by atoms with van der Waals surface area (Å²) < 4.78 is 11.6. The molecule has 0 fully saturated rings. The molecule has 0 bridgehead atoms. The third-order valence-corrected chi connectivity index (χ3v) is 3.63. The topological polar surface area (TPSA) is 50.7 Å². The molecule has 1 aromatic carbocycles. The minimum Gasteiger partial charge on any atom is -0.389 e. The van der Waals surface area contributed by atoms with Crippen LogP contribution in [0.2, 0.25) is 0 Å². The lowest BCUT2D eigenvalue weighted by molar-refractivity contribution is 0.0421. The molecule has 1 rings (SSSR count). The molecular formula is C15H24BrNO3. The van der Waals surface area contributed by atoms with Gasteiger partial charge in [-0.1, -0.05) is 35.3 Å². The van der Waals surface area contributed by atoms with Gasteiger partial charge in [-0.3, -0.25) is 0 Å². The van der Waals surface area contributed by atoms with Gasteiger partial charge in [0, 0.05) is 36.0 Å². The first-order valence-corrected chi connectivity index (χ1v) is 7.74. The van der Waals surface area contributed by atoms with Crippen molar-refractivity contribution in [2.24, 2.45) is 0 Å². The van der Waals surface area contributed by atoms with Crippen molar-refractivity contribution < 1.29 is 14.6 Å². The van der Waals surface area contributed by atoms with E-state index < -0.39 is 6.10 Å². The van der Waals surface area contributed by atoms with E-state index in [1.54, 1.807) is 7.11 Å². The monoisotopic (exact) mass is 345 g/mol. The van der Waals surface area contributed by atoms with E-state index in [0.29, 0.717) is 26.4 Å². The Balaban J connectivity index is 2.42. The van der Waals surface area contributed by atoms with Gasteiger partial charge in [0.2, 0.25) is 0 Å². The second-order valence-corrected chi connectivity index (χ2v) is 5.52. The summed E-state index contributed by atoms with van der Waals surface area (Å²) in [6, 6.07) is 5.91. The van der Waals surface area contributed by atoms with Crippen molar-refractivity contribution in [3.63, 3.8) is 0 Å². The molecule has 20 heavy (non-hydrogen) atoms. The Bertz CT molecular complexity index is 387. The van der Waals surface area contributed by atoms with E-state index in [0.717, 1.165) is 28.6 Å². The zero-order valence-corrected chi connectivity index (χ0v) is 13.8. The SMILES string of the molecule is CCCCOCC(O)CNc1cccc(Br)c1COC. The Morgan fingerprint density at radius 1 is 1.40 bits per heavy atom. The van der Waals surface area contributed by atoms with E-state index in [9.17, 15) is 5.11 Å². The molecule has 0 saturated carbocycles. The molecule has 2 N–H and O–H groups in total. The average molecular weight is 346 g/mol. The van der Waals surface area contributed by atoms with E-state index in [1.165, 1.54) is 0 Å². The standard InChI is InChI=1S/C15H24BrNO3/c1-3-4-8-20-10-12(18)9-17-15-7-5-6-14(16)13(15)11-19-2/h5-7,12,17-18H,3-4,8-11H2,1-2H3. The number of halogens is 1. The zero-order chi connectivity index (χ0) is 14.8. The van der Waals surface area contributed by atoms with Crippen LogP contribution in [-0.2, 0) is 16.1 Å². The van der Waals surface area contributed by atoms with Crippen molar-refractivity contribution in [3.05, 3.63) is 28.2 Å². The first-order valence-electron chi connectivity index (χ1n) is 6.95. The molecule has 0 aliphatic carbocycles. The molecule has 0 heterocycles. The largest absolute Gasteiger partial charge is 0.389 e. The first kappa shape index (κ1) is 17.4. The minimum atomic E-state index is -0.513. The van der Waals surface area contributed by atoms with Crippen LogP contribution >= 0.6 is 15.9 Å². The van der Waals surface area contributed by atoms with E-state index in [4.69, 9.17) is 9.47 Å². The predicted molar refractivity (Wildman–Crippen MR) is 85.1 cm³/mol. The second-order valence-electron chi connectivity index (χ2n) is 4.66. The Hall–Kier alpha value is -0.620. The molecular weight excluding hydrogens is 322 g/mol. The molecule has 0 aliphatic rings. The number of aliphatic hydroxyl groups is 1. The Morgan fingerprint density at radius 3 is 2.90 bits per heavy atom. The van der Waals surface area contributed by atoms with Crippen LogP contribution in [0.4, 0.5) is 5.69 Å². The first-order chi connectivity index (χ1) is 9.69. The van der Waals surface area contributed by atoms with Gasteiger partial charge >= 0.3 is 0 Å². The van der Waals surface area contributed by atoms with Crippen LogP contribution < -0.4 is 5.32 Å². The normalized spacial score (nSPS) is 12.4. The molecule has 4 nitrogen and oxygen atoms in total. The van der Waals surface area contributed by atoms with Gasteiger partial charge in [-0.25, -0.2) is 0 Å². The number of nitrogens with one attached hydrogen (secondary N) is 1. The lowest BCUT2D eigenvalue weighted by Gasteiger charge is -2.16. The zero-order valence-electron chi connectivity index (χ0n) is 12.2. The highest BCUT2D eigenvalue weighted by Crippen LogP contribution is 2.25. The van der Waals surface area contributed by atoms with E-state index in [1.807, 2.05) is 18.2 Å². The molecule has 0 aliphatic heterocycles. The van der Waals surface area contributed by atoms with Gasteiger partial charge in [0.25, 0.3) is 0 Å². The predicted octanol–water partition coefficient (Wildman–Crippen LogP) is 3.19. The van der Waals surface area contributed by atoms with Crippen LogP contribution in [0.3, 0.4) is 0 Å². The number of anilines is 1. The maximum atomic E-state index is 9.87. The van der Waals surface area contributed by atoms with E-state index in [2.05, 4.69) is 28.2 Å². The molecule has 0 spiro atoms. The number of methoxy groups -OCH3 is 1. The molecule has 0 amide bonds. The van der Waals surface area contributed by atoms with Crippen molar-refractivity contribution >= 4 is 21.6 Å². The lowest BCUT2D eigenvalue weighted by atomic mass is 10.2. The quantitative estimate of drug-likeness (QED) is 0.639. The van der Waals surface area contributed by atoms with Crippen LogP contribution in [-0.4, -0.2) is 38.1 Å². The summed E-state index contributed by atoms with van der Waals surface area (Å²) in [5.74, 6) is 0. The molecule has 1 aromatic rings. The van der Waals surface area contributed by atoms with E-state index >= 15 is 0 Å². The summed E-state index contributed by atoms with van der Waals surface area (Å²) in [7, 11) is 1.67. The van der Waals surface area contributed by atoms with E-state index in [-0.39, 0.29) is 0 Å². The maximum absolute atomic E-state index is 9.87. The third-order valence-electron chi connectivity index (χ3n) is 2.89. The summed E-state index contributed by atoms with van der Waals surface area (Å²) >= 11 is 3.51. The smallest absolute Gasteiger partial charge is 0.0945 e. The fourth-order valence-electron chi connectivity index (χ4n) is 1.77. The molecule has 5 heteroatoms. The van der Waals surface area contributed by atoms with Gasteiger partial charge in [0.1, 0.15) is 0 Å². The second kappa shape index (κ2) is 10.2. The highest BCUT2D eigenvalue weighted by Gasteiger charge is 2.09. The van der Waals surface area contributed by atoms with Crippen molar-refractivity contribution in [3.8, 4) is 0 Å². The summed E-state index contributed by atoms with van der Waals surface area (Å²) in [5, 5.41) is 13.1. The Labute approximate surface area is 129 Å². The summed E-state index contributed by atoms with van der Waals surface area (Å²) in [5.41, 5.74) is 2.02. The molecule has 0 radical (unpaired) electrons. The van der Waals surface area contributed by atoms with Gasteiger partial charge in [-0.15, -0.1) is 0 Å². The van der Waals surface area contributed by atoms with Gasteiger partial charge in [-0.2, -0.15) is 0 Å². The van der Waals surface area contributed by atoms with Crippen molar-refractivity contribution in [2.75, 3.05) is 32.2 Å². The van der Waals surface area contributed by atoms with Gasteiger partial charge in [-0.05, 0) is 18.6 Å². The van der Waals surface area contributed by atoms with Crippen LogP contribution in [0.25, 0.3) is 0 Å². The molecule has 1 atom stereocenters. The van der Waals surface area contributed by atoms with Gasteiger partial charge in [0.05, 0.1) is 19.3 Å². The van der Waals surface area contributed by atoms with Crippen LogP contribution in [0, 0.1) is 0 Å². The van der Waals surface area contributed by atoms with Crippen LogP contribution in [0.1, 0.15) is 25.3 Å². The number of hydrogen-bond acceptors (Lipinski definition) is 4. The third kappa shape index (κ3) is 6.22. The van der Waals surface area contributed by atoms with Crippen molar-refractivity contribution in [1.82, 2.24) is 0 Å². The number of rotatable bonds is 10. The highest BCUT2D eigenvalue weighted by atomic mass is 79.9. The number of unbranched alkanes of at least 4 members (excludes halogenated alkanes) is 1. The molecule has 1 unspecified atom stereocenters. The Kier molecular flexibility index (Phi) is 8.85. The molecule has 0 aromatic heterocycles. The molecule has 114 valence electrons. The highest BCUT2D eigenvalue weighted by molar-refractivity contribution is 9.10. The van der Waals surface area contributed by atoms with Gasteiger partial charge < -0.3 is 19.9 Å². The minimum absolute atomic E-state index is 0.362. The van der Waals surface area contributed by atoms with Crippen LogP contribution in [0.15, 0.2) is 22.7 Å². The summed E-state index contributed by atoms with van der Waals surface area (Å²) in [6.45, 7) is 4.16. The average Bonchev–Trinajstić information content (AvgIpc) is 2.44. The van der Waals surface area contributed by atoms with Gasteiger partial charge in [0.15, 0.2) is 0 Å². The summed E-state index contributed by atoms with van der Waals surface area (Å²) in [4.78, 5) is 0. The maximum Gasteiger partial charge on any atom is 0.0945 e.